The van der Waals surface area contributed by atoms with Gasteiger partial charge in [-0.15, -0.1) is 0 Å². The van der Waals surface area contributed by atoms with Crippen LogP contribution < -0.4 is 5.32 Å². The maximum atomic E-state index is 13.4. The summed E-state index contributed by atoms with van der Waals surface area (Å²) in [4.78, 5) is 4.21. The second-order valence-corrected chi connectivity index (χ2v) is 7.78. The summed E-state index contributed by atoms with van der Waals surface area (Å²) < 4.78 is 45.5. The number of nitrogens with zero attached hydrogens (tertiary/aromatic N) is 1. The summed E-state index contributed by atoms with van der Waals surface area (Å²) in [7, 11) is 0. The predicted molar refractivity (Wildman–Crippen MR) is 78.4 cm³/mol. The molecule has 1 aromatic rings. The molecule has 0 saturated carbocycles. The van der Waals surface area contributed by atoms with Crippen LogP contribution in [0.15, 0.2) is 12.3 Å². The van der Waals surface area contributed by atoms with Gasteiger partial charge in [0.25, 0.3) is 0 Å². The highest BCUT2D eigenvalue weighted by molar-refractivity contribution is 5.35. The Labute approximate surface area is 129 Å². The lowest BCUT2D eigenvalue weighted by atomic mass is 9.89. The van der Waals surface area contributed by atoms with E-state index in [1.165, 1.54) is 6.20 Å². The van der Waals surface area contributed by atoms with Crippen molar-refractivity contribution in [3.63, 3.8) is 0 Å². The van der Waals surface area contributed by atoms with Crippen LogP contribution in [0.3, 0.4) is 0 Å². The number of rotatable bonds is 2. The zero-order valence-corrected chi connectivity index (χ0v) is 13.8. The smallest absolute Gasteiger partial charge is 0.348 e. The highest BCUT2D eigenvalue weighted by Crippen LogP contribution is 2.44. The van der Waals surface area contributed by atoms with E-state index in [-0.39, 0.29) is 11.1 Å². The minimum absolute atomic E-state index is 0.0993. The Hall–Kier alpha value is -1.14. The van der Waals surface area contributed by atoms with E-state index < -0.39 is 29.5 Å². The topological polar surface area (TPSA) is 37.5 Å². The number of pyridine rings is 1. The summed E-state index contributed by atoms with van der Waals surface area (Å²) >= 11 is 0. The first-order valence-electron chi connectivity index (χ1n) is 7.30. The van der Waals surface area contributed by atoms with E-state index in [0.29, 0.717) is 5.69 Å². The molecule has 124 valence electrons. The lowest BCUT2D eigenvalue weighted by Crippen LogP contribution is -2.38. The summed E-state index contributed by atoms with van der Waals surface area (Å²) in [5, 5.41) is 3.15. The molecule has 1 saturated heterocycles. The molecule has 2 heterocycles. The SMILES string of the molecule is CC(C)(C)NC1OC1c1cnc(C(C)(C)C)cc1C(F)(F)F. The average molecular weight is 316 g/mol. The highest BCUT2D eigenvalue weighted by Gasteiger charge is 2.47. The van der Waals surface area contributed by atoms with Gasteiger partial charge < -0.3 is 4.74 Å². The molecule has 0 aliphatic carbocycles. The van der Waals surface area contributed by atoms with E-state index >= 15 is 0 Å². The fourth-order valence-corrected chi connectivity index (χ4v) is 2.23. The number of epoxide rings is 1. The number of alkyl halides is 3. The average Bonchev–Trinajstić information content (AvgIpc) is 3.02. The van der Waals surface area contributed by atoms with Gasteiger partial charge in [0.15, 0.2) is 0 Å². The molecule has 1 N–H and O–H groups in total. The van der Waals surface area contributed by atoms with Crippen LogP contribution in [0.1, 0.15) is 64.5 Å². The number of aromatic nitrogens is 1. The predicted octanol–water partition coefficient (Wildman–Crippen LogP) is 4.18. The lowest BCUT2D eigenvalue weighted by molar-refractivity contribution is -0.138. The summed E-state index contributed by atoms with van der Waals surface area (Å²) in [6.07, 6.45) is -4.12. The molecule has 22 heavy (non-hydrogen) atoms. The largest absolute Gasteiger partial charge is 0.416 e. The van der Waals surface area contributed by atoms with E-state index in [0.717, 1.165) is 6.07 Å². The standard InChI is InChI=1S/C16H23F3N2O/c1-14(2,3)11-7-10(16(17,18)19)9(8-20-11)12-13(22-12)21-15(4,5)6/h7-8,12-13,21H,1-6H3. The summed E-state index contributed by atoms with van der Waals surface area (Å²) in [6, 6.07) is 1.14. The summed E-state index contributed by atoms with van der Waals surface area (Å²) in [5.74, 6) is 0. The molecule has 0 amide bonds. The first kappa shape index (κ1) is 17.2. The second-order valence-electron chi connectivity index (χ2n) is 7.78. The second kappa shape index (κ2) is 5.20. The minimum atomic E-state index is -4.42. The van der Waals surface area contributed by atoms with Crippen LogP contribution in [0.4, 0.5) is 13.2 Å². The highest BCUT2D eigenvalue weighted by atomic mass is 19.4. The molecule has 6 heteroatoms. The third-order valence-corrected chi connectivity index (χ3v) is 3.38. The first-order valence-corrected chi connectivity index (χ1v) is 7.30. The van der Waals surface area contributed by atoms with Crippen molar-refractivity contribution in [2.45, 2.75) is 71.0 Å². The van der Waals surface area contributed by atoms with Crippen LogP contribution in [0.25, 0.3) is 0 Å². The fraction of sp³-hybridized carbons (Fsp3) is 0.688. The van der Waals surface area contributed by atoms with Gasteiger partial charge in [0.2, 0.25) is 0 Å². The molecule has 0 aromatic carbocycles. The van der Waals surface area contributed by atoms with E-state index in [9.17, 15) is 13.2 Å². The third kappa shape index (κ3) is 3.98. The normalized spacial score (nSPS) is 22.8. The Bertz CT molecular complexity index is 556. The van der Waals surface area contributed by atoms with Gasteiger partial charge in [0.05, 0.1) is 5.56 Å². The Balaban J connectivity index is 2.33. The molecule has 3 nitrogen and oxygen atoms in total. The van der Waals surface area contributed by atoms with Crippen molar-refractivity contribution in [2.24, 2.45) is 0 Å². The van der Waals surface area contributed by atoms with Gasteiger partial charge in [-0.3, -0.25) is 10.3 Å². The first-order chi connectivity index (χ1) is 9.79. The van der Waals surface area contributed by atoms with Gasteiger partial charge in [-0.2, -0.15) is 13.2 Å². The zero-order valence-electron chi connectivity index (χ0n) is 13.8. The molecule has 1 fully saturated rings. The Morgan fingerprint density at radius 2 is 1.68 bits per heavy atom. The zero-order chi connectivity index (χ0) is 16.9. The van der Waals surface area contributed by atoms with Crippen LogP contribution in [0.2, 0.25) is 0 Å². The van der Waals surface area contributed by atoms with Crippen molar-refractivity contribution >= 4 is 0 Å². The number of ether oxygens (including phenoxy) is 1. The fourth-order valence-electron chi connectivity index (χ4n) is 2.23. The van der Waals surface area contributed by atoms with Gasteiger partial charge in [-0.1, -0.05) is 20.8 Å². The Morgan fingerprint density at radius 3 is 2.14 bits per heavy atom. The Morgan fingerprint density at radius 1 is 1.09 bits per heavy atom. The van der Waals surface area contributed by atoms with Crippen LogP contribution in [-0.4, -0.2) is 16.8 Å². The molecule has 1 aromatic heterocycles. The van der Waals surface area contributed by atoms with Crippen molar-refractivity contribution in [1.82, 2.24) is 10.3 Å². The van der Waals surface area contributed by atoms with Crippen molar-refractivity contribution in [2.75, 3.05) is 0 Å². The molecule has 2 rings (SSSR count). The minimum Gasteiger partial charge on any atom is -0.348 e. The van der Waals surface area contributed by atoms with Crippen LogP contribution in [0, 0.1) is 0 Å². The summed E-state index contributed by atoms with van der Waals surface area (Å²) in [6.45, 7) is 11.3. The van der Waals surface area contributed by atoms with Gasteiger partial charge in [0.1, 0.15) is 12.3 Å². The number of hydrogen-bond donors (Lipinski definition) is 1. The van der Waals surface area contributed by atoms with Crippen LogP contribution in [0.5, 0.6) is 0 Å². The van der Waals surface area contributed by atoms with Crippen molar-refractivity contribution in [3.8, 4) is 0 Å². The van der Waals surface area contributed by atoms with Crippen molar-refractivity contribution in [1.29, 1.82) is 0 Å². The summed E-state index contributed by atoms with van der Waals surface area (Å²) in [5.41, 5.74) is -0.801. The quantitative estimate of drug-likeness (QED) is 0.832. The van der Waals surface area contributed by atoms with E-state index in [2.05, 4.69) is 10.3 Å². The molecule has 1 aliphatic heterocycles. The monoisotopic (exact) mass is 316 g/mol. The third-order valence-electron chi connectivity index (χ3n) is 3.38. The molecule has 1 aliphatic rings. The number of nitrogens with one attached hydrogen (secondary N) is 1. The molecule has 2 atom stereocenters. The van der Waals surface area contributed by atoms with Gasteiger partial charge in [0, 0.05) is 28.4 Å². The molecule has 0 bridgehead atoms. The van der Waals surface area contributed by atoms with Crippen molar-refractivity contribution < 1.29 is 17.9 Å². The van der Waals surface area contributed by atoms with Crippen LogP contribution in [-0.2, 0) is 16.3 Å². The van der Waals surface area contributed by atoms with Gasteiger partial charge >= 0.3 is 6.18 Å². The van der Waals surface area contributed by atoms with Crippen LogP contribution >= 0.6 is 0 Å². The van der Waals surface area contributed by atoms with E-state index in [4.69, 9.17) is 4.74 Å². The number of halogens is 3. The molecular weight excluding hydrogens is 293 g/mol. The molecule has 0 spiro atoms. The van der Waals surface area contributed by atoms with E-state index in [1.807, 2.05) is 41.5 Å². The maximum Gasteiger partial charge on any atom is 0.416 e. The van der Waals surface area contributed by atoms with Gasteiger partial charge in [-0.25, -0.2) is 0 Å². The van der Waals surface area contributed by atoms with Crippen molar-refractivity contribution in [3.05, 3.63) is 29.1 Å². The Kier molecular flexibility index (Phi) is 4.07. The van der Waals surface area contributed by atoms with E-state index in [1.54, 1.807) is 0 Å². The lowest BCUT2D eigenvalue weighted by Gasteiger charge is -2.21. The molecule has 0 radical (unpaired) electrons. The number of hydrogen-bond acceptors (Lipinski definition) is 3. The van der Waals surface area contributed by atoms with Gasteiger partial charge in [-0.05, 0) is 26.8 Å². The molecular formula is C16H23F3N2O. The molecule has 2 unspecified atom stereocenters. The maximum absolute atomic E-state index is 13.4.